The summed E-state index contributed by atoms with van der Waals surface area (Å²) in [6.45, 7) is 9.32. The monoisotopic (exact) mass is 355 g/mol. The number of hydrogen-bond donors (Lipinski definition) is 0. The number of nitrogens with zero attached hydrogens (tertiary/aromatic N) is 3. The van der Waals surface area contributed by atoms with Gasteiger partial charge in [-0.2, -0.15) is 0 Å². The molecule has 1 fully saturated rings. The number of hydrogen-bond acceptors (Lipinski definition) is 4. The Bertz CT molecular complexity index is 795. The molecule has 1 aliphatic rings. The van der Waals surface area contributed by atoms with Crippen LogP contribution in [0.2, 0.25) is 0 Å². The Hall–Kier alpha value is -2.63. The Morgan fingerprint density at radius 3 is 2.58 bits per heavy atom. The number of aryl methyl sites for hydroxylation is 1. The van der Waals surface area contributed by atoms with Crippen molar-refractivity contribution in [3.05, 3.63) is 52.9 Å². The summed E-state index contributed by atoms with van der Waals surface area (Å²) in [7, 11) is 0. The van der Waals surface area contributed by atoms with Gasteiger partial charge in [0.25, 0.3) is 5.91 Å². The van der Waals surface area contributed by atoms with Crippen molar-refractivity contribution >= 4 is 11.8 Å². The normalized spacial score (nSPS) is 17.9. The van der Waals surface area contributed by atoms with Crippen LogP contribution in [-0.4, -0.2) is 45.9 Å². The zero-order valence-corrected chi connectivity index (χ0v) is 15.7. The molecule has 1 aromatic carbocycles. The molecule has 138 valence electrons. The molecule has 6 nitrogen and oxygen atoms in total. The molecule has 1 unspecified atom stereocenters. The maximum atomic E-state index is 12.7. The molecular weight excluding hydrogens is 330 g/mol. The molecule has 6 heteroatoms. The number of amides is 2. The topological polar surface area (TPSA) is 66.7 Å². The summed E-state index contributed by atoms with van der Waals surface area (Å²) in [6, 6.07) is 9.31. The number of carbonyl (C=O) groups excluding carboxylic acids is 2. The Labute approximate surface area is 153 Å². The van der Waals surface area contributed by atoms with Crippen molar-refractivity contribution in [2.75, 3.05) is 13.1 Å². The molecule has 1 aromatic heterocycles. The molecule has 1 aliphatic heterocycles. The number of aromatic nitrogens is 1. The van der Waals surface area contributed by atoms with Gasteiger partial charge in [-0.25, -0.2) is 0 Å². The molecule has 2 heterocycles. The Kier molecular flexibility index (Phi) is 5.11. The molecule has 1 saturated heterocycles. The van der Waals surface area contributed by atoms with E-state index in [0.717, 1.165) is 5.56 Å². The molecule has 26 heavy (non-hydrogen) atoms. The summed E-state index contributed by atoms with van der Waals surface area (Å²) in [5.41, 5.74) is 2.55. The van der Waals surface area contributed by atoms with Crippen LogP contribution in [0.3, 0.4) is 0 Å². The van der Waals surface area contributed by atoms with E-state index in [0.29, 0.717) is 25.4 Å². The van der Waals surface area contributed by atoms with Gasteiger partial charge in [0.05, 0.1) is 0 Å². The first kappa shape index (κ1) is 18.2. The predicted octanol–water partition coefficient (Wildman–Crippen LogP) is 2.98. The average molecular weight is 355 g/mol. The largest absolute Gasteiger partial charge is 0.360 e. The van der Waals surface area contributed by atoms with Gasteiger partial charge < -0.3 is 14.3 Å². The van der Waals surface area contributed by atoms with E-state index in [1.165, 1.54) is 5.56 Å². The van der Waals surface area contributed by atoms with E-state index in [9.17, 15) is 9.59 Å². The van der Waals surface area contributed by atoms with Crippen LogP contribution in [0.15, 0.2) is 34.9 Å². The zero-order valence-electron chi connectivity index (χ0n) is 15.7. The SMILES string of the molecule is Cc1ccc(CN2CCN(C(=O)c3cc(C(C)C)on3)C(C)C2=O)cc1. The lowest BCUT2D eigenvalue weighted by molar-refractivity contribution is -0.140. The molecule has 2 amide bonds. The quantitative estimate of drug-likeness (QED) is 0.846. The highest BCUT2D eigenvalue weighted by Crippen LogP contribution is 2.20. The minimum atomic E-state index is -0.513. The maximum absolute atomic E-state index is 12.7. The molecule has 0 spiro atoms. The lowest BCUT2D eigenvalue weighted by Gasteiger charge is -2.38. The van der Waals surface area contributed by atoms with Crippen LogP contribution in [0, 0.1) is 6.92 Å². The van der Waals surface area contributed by atoms with Gasteiger partial charge in [-0.05, 0) is 19.4 Å². The molecule has 0 bridgehead atoms. The smallest absolute Gasteiger partial charge is 0.276 e. The Morgan fingerprint density at radius 1 is 1.27 bits per heavy atom. The summed E-state index contributed by atoms with van der Waals surface area (Å²) in [4.78, 5) is 28.9. The van der Waals surface area contributed by atoms with Crippen LogP contribution < -0.4 is 0 Å². The lowest BCUT2D eigenvalue weighted by Crippen LogP contribution is -2.57. The molecule has 0 N–H and O–H groups in total. The first-order valence-electron chi connectivity index (χ1n) is 8.98. The van der Waals surface area contributed by atoms with Gasteiger partial charge in [-0.3, -0.25) is 9.59 Å². The number of piperazine rings is 1. The third-order valence-electron chi connectivity index (χ3n) is 4.82. The van der Waals surface area contributed by atoms with Gasteiger partial charge in [0.2, 0.25) is 5.91 Å². The number of rotatable bonds is 4. The zero-order chi connectivity index (χ0) is 18.8. The maximum Gasteiger partial charge on any atom is 0.276 e. The van der Waals surface area contributed by atoms with E-state index in [1.54, 1.807) is 17.9 Å². The van der Waals surface area contributed by atoms with Crippen LogP contribution in [0.1, 0.15) is 54.1 Å². The minimum Gasteiger partial charge on any atom is -0.360 e. The van der Waals surface area contributed by atoms with Gasteiger partial charge in [0, 0.05) is 31.6 Å². The third kappa shape index (κ3) is 3.64. The van der Waals surface area contributed by atoms with Crippen molar-refractivity contribution in [3.63, 3.8) is 0 Å². The minimum absolute atomic E-state index is 0.0437. The fourth-order valence-electron chi connectivity index (χ4n) is 3.09. The van der Waals surface area contributed by atoms with Crippen molar-refractivity contribution in [3.8, 4) is 0 Å². The molecule has 2 aromatic rings. The molecule has 0 saturated carbocycles. The molecule has 0 radical (unpaired) electrons. The number of benzene rings is 1. The van der Waals surface area contributed by atoms with E-state index in [2.05, 4.69) is 5.16 Å². The first-order valence-corrected chi connectivity index (χ1v) is 8.98. The summed E-state index contributed by atoms with van der Waals surface area (Å²) < 4.78 is 5.22. The molecule has 0 aliphatic carbocycles. The van der Waals surface area contributed by atoms with Crippen LogP contribution in [0.5, 0.6) is 0 Å². The van der Waals surface area contributed by atoms with Gasteiger partial charge in [0.1, 0.15) is 11.8 Å². The third-order valence-corrected chi connectivity index (χ3v) is 4.82. The predicted molar refractivity (Wildman–Crippen MR) is 97.7 cm³/mol. The van der Waals surface area contributed by atoms with Crippen molar-refractivity contribution in [1.82, 2.24) is 15.0 Å². The van der Waals surface area contributed by atoms with Gasteiger partial charge in [-0.1, -0.05) is 48.8 Å². The van der Waals surface area contributed by atoms with Crippen LogP contribution in [0.25, 0.3) is 0 Å². The fourth-order valence-corrected chi connectivity index (χ4v) is 3.09. The van der Waals surface area contributed by atoms with Crippen molar-refractivity contribution < 1.29 is 14.1 Å². The molecular formula is C20H25N3O3. The highest BCUT2D eigenvalue weighted by Gasteiger charge is 2.35. The highest BCUT2D eigenvalue weighted by atomic mass is 16.5. The van der Waals surface area contributed by atoms with Crippen LogP contribution >= 0.6 is 0 Å². The lowest BCUT2D eigenvalue weighted by atomic mass is 10.1. The van der Waals surface area contributed by atoms with Crippen molar-refractivity contribution in [2.45, 2.75) is 46.2 Å². The second kappa shape index (κ2) is 7.32. The number of carbonyl (C=O) groups is 2. The molecule has 1 atom stereocenters. The summed E-state index contributed by atoms with van der Waals surface area (Å²) in [5, 5.41) is 3.88. The summed E-state index contributed by atoms with van der Waals surface area (Å²) >= 11 is 0. The van der Waals surface area contributed by atoms with Gasteiger partial charge in [-0.15, -0.1) is 0 Å². The van der Waals surface area contributed by atoms with Crippen LogP contribution in [0.4, 0.5) is 0 Å². The Morgan fingerprint density at radius 2 is 1.96 bits per heavy atom. The van der Waals surface area contributed by atoms with Crippen molar-refractivity contribution in [2.24, 2.45) is 0 Å². The van der Waals surface area contributed by atoms with Gasteiger partial charge >= 0.3 is 0 Å². The van der Waals surface area contributed by atoms with E-state index < -0.39 is 6.04 Å². The van der Waals surface area contributed by atoms with Crippen molar-refractivity contribution in [1.29, 1.82) is 0 Å². The van der Waals surface area contributed by atoms with Gasteiger partial charge in [0.15, 0.2) is 5.69 Å². The van der Waals surface area contributed by atoms with E-state index >= 15 is 0 Å². The first-order chi connectivity index (χ1) is 12.4. The molecule has 3 rings (SSSR count). The second-order valence-corrected chi connectivity index (χ2v) is 7.19. The average Bonchev–Trinajstić information content (AvgIpc) is 3.11. The summed E-state index contributed by atoms with van der Waals surface area (Å²) in [6.07, 6.45) is 0. The summed E-state index contributed by atoms with van der Waals surface area (Å²) in [5.74, 6) is 0.536. The standard InChI is InChI=1S/C20H25N3O3/c1-13(2)18-11-17(21-26-18)20(25)23-10-9-22(19(24)15(23)4)12-16-7-5-14(3)6-8-16/h5-8,11,13,15H,9-10,12H2,1-4H3. The van der Waals surface area contributed by atoms with Crippen LogP contribution in [-0.2, 0) is 11.3 Å². The van der Waals surface area contributed by atoms with E-state index in [4.69, 9.17) is 4.52 Å². The second-order valence-electron chi connectivity index (χ2n) is 7.19. The van der Waals surface area contributed by atoms with E-state index in [-0.39, 0.29) is 23.4 Å². The Balaban J connectivity index is 1.68. The highest BCUT2D eigenvalue weighted by molar-refractivity contribution is 5.96. The fraction of sp³-hybridized carbons (Fsp3) is 0.450. The van der Waals surface area contributed by atoms with E-state index in [1.807, 2.05) is 49.9 Å².